The second-order valence-corrected chi connectivity index (χ2v) is 9.57. The first kappa shape index (κ1) is 23.8. The van der Waals surface area contributed by atoms with E-state index in [0.717, 1.165) is 27.6 Å². The first-order valence-electron chi connectivity index (χ1n) is 10.9. The lowest BCUT2D eigenvalue weighted by Gasteiger charge is -2.18. The van der Waals surface area contributed by atoms with E-state index < -0.39 is 6.04 Å². The lowest BCUT2D eigenvalue weighted by molar-refractivity contribution is -0.118. The Labute approximate surface area is 210 Å². The summed E-state index contributed by atoms with van der Waals surface area (Å²) in [6, 6.07) is 23.9. The summed E-state index contributed by atoms with van der Waals surface area (Å²) in [6.45, 7) is 2.06. The Kier molecular flexibility index (Phi) is 7.82. The van der Waals surface area contributed by atoms with Crippen LogP contribution in [0.5, 0.6) is 0 Å². The van der Waals surface area contributed by atoms with Gasteiger partial charge in [0.05, 0.1) is 0 Å². The lowest BCUT2D eigenvalue weighted by atomic mass is 10.0. The predicted octanol–water partition coefficient (Wildman–Crippen LogP) is 5.51. The Morgan fingerprint density at radius 3 is 2.29 bits per heavy atom. The fraction of sp³-hybridized carbons (Fsp3) is 0.154. The van der Waals surface area contributed by atoms with Crippen molar-refractivity contribution in [2.24, 2.45) is 0 Å². The first-order chi connectivity index (χ1) is 16.5. The van der Waals surface area contributed by atoms with Gasteiger partial charge in [0.15, 0.2) is 0 Å². The Bertz CT molecular complexity index is 1260. The van der Waals surface area contributed by atoms with Crippen LogP contribution in [-0.4, -0.2) is 28.1 Å². The highest BCUT2D eigenvalue weighted by Gasteiger charge is 2.23. The van der Waals surface area contributed by atoms with E-state index in [1.165, 1.54) is 11.3 Å². The van der Waals surface area contributed by atoms with E-state index in [0.29, 0.717) is 22.1 Å². The number of hydrogen-bond acceptors (Lipinski definition) is 5. The molecule has 34 heavy (non-hydrogen) atoms. The van der Waals surface area contributed by atoms with E-state index in [-0.39, 0.29) is 11.8 Å². The summed E-state index contributed by atoms with van der Waals surface area (Å²) in [5.41, 5.74) is 3.51. The van der Waals surface area contributed by atoms with Crippen LogP contribution in [0.25, 0.3) is 10.6 Å². The molecule has 0 unspecified atom stereocenters. The van der Waals surface area contributed by atoms with Crippen molar-refractivity contribution in [3.8, 4) is 10.6 Å². The van der Waals surface area contributed by atoms with Gasteiger partial charge in [0.1, 0.15) is 11.0 Å². The Balaban J connectivity index is 1.50. The molecule has 6 nitrogen and oxygen atoms in total. The fourth-order valence-electron chi connectivity index (χ4n) is 3.37. The van der Waals surface area contributed by atoms with Gasteiger partial charge < -0.3 is 5.32 Å². The van der Waals surface area contributed by atoms with Crippen LogP contribution in [0.1, 0.15) is 28.4 Å². The second kappa shape index (κ2) is 11.2. The van der Waals surface area contributed by atoms with E-state index in [4.69, 9.17) is 0 Å². The molecule has 172 valence electrons. The molecule has 0 fully saturated rings. The zero-order chi connectivity index (χ0) is 23.9. The maximum absolute atomic E-state index is 13.2. The Hall–Kier alpha value is -3.36. The van der Waals surface area contributed by atoms with E-state index >= 15 is 0 Å². The molecule has 0 saturated heterocycles. The van der Waals surface area contributed by atoms with Gasteiger partial charge in [-0.3, -0.25) is 14.9 Å². The van der Waals surface area contributed by atoms with Gasteiger partial charge in [0, 0.05) is 22.0 Å². The molecule has 2 amide bonds. The van der Waals surface area contributed by atoms with Crippen molar-refractivity contribution < 1.29 is 9.59 Å². The molecule has 4 rings (SSSR count). The van der Waals surface area contributed by atoms with E-state index in [9.17, 15) is 9.59 Å². The summed E-state index contributed by atoms with van der Waals surface area (Å²) in [5.74, 6) is -0.646. The topological polar surface area (TPSA) is 84.0 Å². The van der Waals surface area contributed by atoms with Crippen molar-refractivity contribution >= 4 is 44.2 Å². The highest BCUT2D eigenvalue weighted by Crippen LogP contribution is 2.27. The van der Waals surface area contributed by atoms with E-state index in [1.807, 2.05) is 66.7 Å². The molecule has 1 atom stereocenters. The number of anilines is 1. The van der Waals surface area contributed by atoms with Crippen LogP contribution in [0.15, 0.2) is 83.3 Å². The van der Waals surface area contributed by atoms with Crippen molar-refractivity contribution in [3.63, 3.8) is 0 Å². The number of nitrogens with zero attached hydrogens (tertiary/aromatic N) is 2. The molecule has 0 saturated carbocycles. The Morgan fingerprint density at radius 1 is 0.912 bits per heavy atom. The van der Waals surface area contributed by atoms with Crippen LogP contribution in [0.2, 0.25) is 0 Å². The number of benzene rings is 3. The van der Waals surface area contributed by atoms with Crippen molar-refractivity contribution in [2.45, 2.75) is 25.8 Å². The van der Waals surface area contributed by atoms with Crippen molar-refractivity contribution in [1.82, 2.24) is 15.5 Å². The van der Waals surface area contributed by atoms with Gasteiger partial charge in [0.25, 0.3) is 5.91 Å². The van der Waals surface area contributed by atoms with Crippen LogP contribution in [0.4, 0.5) is 5.13 Å². The number of carbonyl (C=O) groups is 2. The molecule has 0 spiro atoms. The minimum atomic E-state index is -0.777. The monoisotopic (exact) mass is 534 g/mol. The van der Waals surface area contributed by atoms with Crippen LogP contribution in [-0.2, 0) is 17.6 Å². The van der Waals surface area contributed by atoms with Gasteiger partial charge in [0.2, 0.25) is 11.0 Å². The number of rotatable bonds is 8. The van der Waals surface area contributed by atoms with Crippen LogP contribution in [0, 0.1) is 0 Å². The van der Waals surface area contributed by atoms with Gasteiger partial charge in [-0.15, -0.1) is 10.2 Å². The number of halogens is 1. The lowest BCUT2D eigenvalue weighted by Crippen LogP contribution is -2.45. The molecule has 4 aromatic rings. The van der Waals surface area contributed by atoms with Gasteiger partial charge in [-0.1, -0.05) is 88.8 Å². The fourth-order valence-corrected chi connectivity index (χ4v) is 4.38. The zero-order valence-corrected chi connectivity index (χ0v) is 20.9. The van der Waals surface area contributed by atoms with Crippen molar-refractivity contribution in [1.29, 1.82) is 0 Å². The van der Waals surface area contributed by atoms with Gasteiger partial charge in [-0.25, -0.2) is 0 Å². The maximum atomic E-state index is 13.2. The molecule has 2 N–H and O–H groups in total. The summed E-state index contributed by atoms with van der Waals surface area (Å²) >= 11 is 4.70. The molecule has 0 radical (unpaired) electrons. The number of nitrogens with one attached hydrogen (secondary N) is 2. The molecule has 1 aromatic heterocycles. The van der Waals surface area contributed by atoms with Gasteiger partial charge in [-0.05, 0) is 41.8 Å². The number of amides is 2. The normalized spacial score (nSPS) is 11.6. The number of hydrogen-bond donors (Lipinski definition) is 2. The largest absolute Gasteiger partial charge is 0.340 e. The maximum Gasteiger partial charge on any atom is 0.251 e. The summed E-state index contributed by atoms with van der Waals surface area (Å²) in [4.78, 5) is 26.1. The predicted molar refractivity (Wildman–Crippen MR) is 139 cm³/mol. The molecule has 0 aliphatic rings. The zero-order valence-electron chi connectivity index (χ0n) is 18.5. The molecule has 0 bridgehead atoms. The van der Waals surface area contributed by atoms with E-state index in [2.05, 4.69) is 43.7 Å². The minimum Gasteiger partial charge on any atom is -0.340 e. The third-order valence-electron chi connectivity index (χ3n) is 5.28. The number of aromatic nitrogens is 2. The molecule has 3 aromatic carbocycles. The Morgan fingerprint density at radius 2 is 1.62 bits per heavy atom. The molecule has 0 aliphatic heterocycles. The molecule has 1 heterocycles. The number of aryl methyl sites for hydroxylation is 1. The standard InChI is InChI=1S/C26H23BrN4O2S/c1-2-17-8-10-19(11-9-17)23(32)28-22(16-18-6-4-3-5-7-18)24(33)29-26-31-30-25(34-26)20-12-14-21(27)15-13-20/h3-15,22H,2,16H2,1H3,(H,28,32)(H,29,31,33)/t22-/m0/s1. The van der Waals surface area contributed by atoms with Crippen molar-refractivity contribution in [3.05, 3.63) is 100 Å². The van der Waals surface area contributed by atoms with E-state index in [1.54, 1.807) is 12.1 Å². The summed E-state index contributed by atoms with van der Waals surface area (Å²) in [5, 5.41) is 15.1. The molecule has 8 heteroatoms. The number of carbonyl (C=O) groups excluding carboxylic acids is 2. The SMILES string of the molecule is CCc1ccc(C(=O)N[C@@H](Cc2ccccc2)C(=O)Nc2nnc(-c3ccc(Br)cc3)s2)cc1. The van der Waals surface area contributed by atoms with Crippen LogP contribution >= 0.6 is 27.3 Å². The average molecular weight is 535 g/mol. The van der Waals surface area contributed by atoms with Crippen LogP contribution < -0.4 is 10.6 Å². The summed E-state index contributed by atoms with van der Waals surface area (Å²) in [6.07, 6.45) is 1.24. The van der Waals surface area contributed by atoms with Gasteiger partial charge >= 0.3 is 0 Å². The van der Waals surface area contributed by atoms with Crippen molar-refractivity contribution in [2.75, 3.05) is 5.32 Å². The third kappa shape index (κ3) is 6.15. The van der Waals surface area contributed by atoms with Crippen LogP contribution in [0.3, 0.4) is 0 Å². The summed E-state index contributed by atoms with van der Waals surface area (Å²) < 4.78 is 0.970. The second-order valence-electron chi connectivity index (χ2n) is 7.67. The average Bonchev–Trinajstić information content (AvgIpc) is 3.33. The molecule has 0 aliphatic carbocycles. The highest BCUT2D eigenvalue weighted by molar-refractivity contribution is 9.10. The minimum absolute atomic E-state index is 0.299. The molecular formula is C26H23BrN4O2S. The van der Waals surface area contributed by atoms with Gasteiger partial charge in [-0.2, -0.15) is 0 Å². The summed E-state index contributed by atoms with van der Waals surface area (Å²) in [7, 11) is 0. The first-order valence-corrected chi connectivity index (χ1v) is 12.5. The highest BCUT2D eigenvalue weighted by atomic mass is 79.9. The quantitative estimate of drug-likeness (QED) is 0.312. The third-order valence-corrected chi connectivity index (χ3v) is 6.69. The smallest absolute Gasteiger partial charge is 0.251 e. The molecular weight excluding hydrogens is 512 g/mol.